The van der Waals surface area contributed by atoms with Crippen LogP contribution in [-0.2, 0) is 4.79 Å². The van der Waals surface area contributed by atoms with Crippen LogP contribution >= 0.6 is 0 Å². The predicted octanol–water partition coefficient (Wildman–Crippen LogP) is 0.287. The first-order chi connectivity index (χ1) is 6.75. The molecule has 1 atom stereocenters. The van der Waals surface area contributed by atoms with Gasteiger partial charge in [0.25, 0.3) is 0 Å². The van der Waals surface area contributed by atoms with Crippen molar-refractivity contribution < 1.29 is 9.90 Å². The molecule has 0 aromatic heterocycles. The van der Waals surface area contributed by atoms with Crippen LogP contribution in [0, 0.1) is 0 Å². The Balaban J connectivity index is 1.86. The zero-order valence-electron chi connectivity index (χ0n) is 8.41. The van der Waals surface area contributed by atoms with Crippen LogP contribution in [0.25, 0.3) is 0 Å². The van der Waals surface area contributed by atoms with E-state index in [0.29, 0.717) is 0 Å². The molecule has 1 unspecified atom stereocenters. The van der Waals surface area contributed by atoms with Gasteiger partial charge in [-0.25, -0.2) is 0 Å². The minimum Gasteiger partial charge on any atom is -0.481 e. The van der Waals surface area contributed by atoms with Gasteiger partial charge < -0.3 is 10.4 Å². The second-order valence-electron chi connectivity index (χ2n) is 4.33. The first-order valence-electron chi connectivity index (χ1n) is 5.45. The summed E-state index contributed by atoms with van der Waals surface area (Å²) in [5, 5.41) is 12.0. The Morgan fingerprint density at radius 2 is 2.29 bits per heavy atom. The molecule has 2 rings (SSSR count). The predicted molar refractivity (Wildman–Crippen MR) is 53.3 cm³/mol. The van der Waals surface area contributed by atoms with Crippen molar-refractivity contribution in [1.82, 2.24) is 10.2 Å². The van der Waals surface area contributed by atoms with Gasteiger partial charge in [0.05, 0.1) is 6.42 Å². The monoisotopic (exact) mass is 198 g/mol. The van der Waals surface area contributed by atoms with E-state index in [9.17, 15) is 4.79 Å². The Morgan fingerprint density at radius 1 is 1.50 bits per heavy atom. The fourth-order valence-electron chi connectivity index (χ4n) is 2.15. The third-order valence-electron chi connectivity index (χ3n) is 2.99. The van der Waals surface area contributed by atoms with Gasteiger partial charge in [-0.15, -0.1) is 0 Å². The number of hydrogen-bond acceptors (Lipinski definition) is 3. The maximum Gasteiger partial charge on any atom is 0.304 e. The molecule has 1 aliphatic heterocycles. The van der Waals surface area contributed by atoms with E-state index >= 15 is 0 Å². The molecule has 14 heavy (non-hydrogen) atoms. The van der Waals surface area contributed by atoms with Gasteiger partial charge in [-0.05, 0) is 32.4 Å². The average molecular weight is 198 g/mol. The molecule has 1 heterocycles. The lowest BCUT2D eigenvalue weighted by atomic mass is 10.2. The van der Waals surface area contributed by atoms with E-state index in [1.807, 2.05) is 0 Å². The number of rotatable bonds is 3. The standard InChI is InChI=1S/C10H18N2O2/c13-10(14)6-8-7-12(9-2-3-9)5-1-4-11-8/h8-9,11H,1-7H2,(H,13,14). The molecule has 0 bridgehead atoms. The van der Waals surface area contributed by atoms with Crippen LogP contribution in [-0.4, -0.2) is 47.7 Å². The molecule has 1 saturated heterocycles. The lowest BCUT2D eigenvalue weighted by Gasteiger charge is -2.22. The van der Waals surface area contributed by atoms with Crippen molar-refractivity contribution >= 4 is 5.97 Å². The molecule has 0 radical (unpaired) electrons. The van der Waals surface area contributed by atoms with Crippen LogP contribution < -0.4 is 5.32 Å². The van der Waals surface area contributed by atoms with Crippen molar-refractivity contribution in [2.24, 2.45) is 0 Å². The van der Waals surface area contributed by atoms with Crippen molar-refractivity contribution in [2.45, 2.75) is 37.8 Å². The molecule has 2 aliphatic rings. The number of carbonyl (C=O) groups is 1. The van der Waals surface area contributed by atoms with E-state index in [1.165, 1.54) is 12.8 Å². The van der Waals surface area contributed by atoms with Crippen LogP contribution in [0.2, 0.25) is 0 Å². The second kappa shape index (κ2) is 4.28. The summed E-state index contributed by atoms with van der Waals surface area (Å²) in [6.45, 7) is 3.01. The quantitative estimate of drug-likeness (QED) is 0.684. The maximum absolute atomic E-state index is 10.6. The van der Waals surface area contributed by atoms with Crippen LogP contribution in [0.1, 0.15) is 25.7 Å². The molecule has 1 aliphatic carbocycles. The summed E-state index contributed by atoms with van der Waals surface area (Å²) in [5.74, 6) is -0.694. The summed E-state index contributed by atoms with van der Waals surface area (Å²) in [5.41, 5.74) is 0. The molecule has 0 aromatic rings. The first kappa shape index (κ1) is 9.93. The zero-order chi connectivity index (χ0) is 9.97. The molecule has 0 amide bonds. The fourth-order valence-corrected chi connectivity index (χ4v) is 2.15. The molecule has 4 heteroatoms. The highest BCUT2D eigenvalue weighted by Gasteiger charge is 2.31. The summed E-state index contributed by atoms with van der Waals surface area (Å²) in [4.78, 5) is 13.1. The highest BCUT2D eigenvalue weighted by Crippen LogP contribution is 2.27. The molecule has 80 valence electrons. The minimum atomic E-state index is -0.694. The van der Waals surface area contributed by atoms with Gasteiger partial charge >= 0.3 is 5.97 Å². The normalized spacial score (nSPS) is 29.9. The molecule has 2 N–H and O–H groups in total. The number of carboxylic acid groups (broad SMARTS) is 1. The molecule has 0 aromatic carbocycles. The van der Waals surface area contributed by atoms with Crippen LogP contribution in [0.4, 0.5) is 0 Å². The van der Waals surface area contributed by atoms with Crippen molar-refractivity contribution in [1.29, 1.82) is 0 Å². The van der Waals surface area contributed by atoms with E-state index in [2.05, 4.69) is 10.2 Å². The molecular weight excluding hydrogens is 180 g/mol. The molecule has 0 spiro atoms. The lowest BCUT2D eigenvalue weighted by molar-refractivity contribution is -0.137. The highest BCUT2D eigenvalue weighted by atomic mass is 16.4. The Hall–Kier alpha value is -0.610. The summed E-state index contributed by atoms with van der Waals surface area (Å²) >= 11 is 0. The highest BCUT2D eigenvalue weighted by molar-refractivity contribution is 5.67. The number of carboxylic acids is 1. The molecule has 2 fully saturated rings. The van der Waals surface area contributed by atoms with Crippen LogP contribution in [0.15, 0.2) is 0 Å². The minimum absolute atomic E-state index is 0.149. The van der Waals surface area contributed by atoms with Crippen LogP contribution in [0.5, 0.6) is 0 Å². The van der Waals surface area contributed by atoms with Gasteiger partial charge in [0.1, 0.15) is 0 Å². The van der Waals surface area contributed by atoms with Gasteiger partial charge in [-0.3, -0.25) is 9.69 Å². The number of hydrogen-bond donors (Lipinski definition) is 2. The third kappa shape index (κ3) is 2.69. The van der Waals surface area contributed by atoms with E-state index in [1.54, 1.807) is 0 Å². The fraction of sp³-hybridized carbons (Fsp3) is 0.900. The summed E-state index contributed by atoms with van der Waals surface area (Å²) in [6.07, 6.45) is 4.01. The summed E-state index contributed by atoms with van der Waals surface area (Å²) in [7, 11) is 0. The molecular formula is C10H18N2O2. The number of nitrogens with one attached hydrogen (secondary N) is 1. The van der Waals surface area contributed by atoms with Crippen molar-refractivity contribution in [2.75, 3.05) is 19.6 Å². The number of nitrogens with zero attached hydrogens (tertiary/aromatic N) is 1. The topological polar surface area (TPSA) is 52.6 Å². The second-order valence-corrected chi connectivity index (χ2v) is 4.33. The van der Waals surface area contributed by atoms with Crippen molar-refractivity contribution in [3.05, 3.63) is 0 Å². The summed E-state index contributed by atoms with van der Waals surface area (Å²) in [6, 6.07) is 0.904. The van der Waals surface area contributed by atoms with Gasteiger partial charge in [0.15, 0.2) is 0 Å². The average Bonchev–Trinajstić information content (AvgIpc) is 2.86. The number of aliphatic carboxylic acids is 1. The largest absolute Gasteiger partial charge is 0.481 e. The van der Waals surface area contributed by atoms with E-state index < -0.39 is 5.97 Å². The van der Waals surface area contributed by atoms with E-state index in [-0.39, 0.29) is 12.5 Å². The van der Waals surface area contributed by atoms with E-state index in [0.717, 1.165) is 32.1 Å². The Bertz CT molecular complexity index is 216. The van der Waals surface area contributed by atoms with E-state index in [4.69, 9.17) is 5.11 Å². The SMILES string of the molecule is O=C(O)CC1CN(C2CC2)CCCN1. The molecule has 1 saturated carbocycles. The zero-order valence-corrected chi connectivity index (χ0v) is 8.41. The third-order valence-corrected chi connectivity index (χ3v) is 2.99. The lowest BCUT2D eigenvalue weighted by Crippen LogP contribution is -2.40. The maximum atomic E-state index is 10.6. The van der Waals surface area contributed by atoms with Crippen molar-refractivity contribution in [3.63, 3.8) is 0 Å². The van der Waals surface area contributed by atoms with Crippen LogP contribution in [0.3, 0.4) is 0 Å². The van der Waals surface area contributed by atoms with Gasteiger partial charge in [0.2, 0.25) is 0 Å². The Labute approximate surface area is 84.3 Å². The van der Waals surface area contributed by atoms with Gasteiger partial charge in [-0.2, -0.15) is 0 Å². The van der Waals surface area contributed by atoms with Gasteiger partial charge in [0, 0.05) is 18.6 Å². The Morgan fingerprint density at radius 3 is 2.93 bits per heavy atom. The summed E-state index contributed by atoms with van der Waals surface area (Å²) < 4.78 is 0. The molecule has 4 nitrogen and oxygen atoms in total. The van der Waals surface area contributed by atoms with Crippen molar-refractivity contribution in [3.8, 4) is 0 Å². The smallest absolute Gasteiger partial charge is 0.304 e. The first-order valence-corrected chi connectivity index (χ1v) is 5.45. The van der Waals surface area contributed by atoms with Gasteiger partial charge in [-0.1, -0.05) is 0 Å². The Kier molecular flexibility index (Phi) is 3.03.